The Balaban J connectivity index is 2.68. The first-order chi connectivity index (χ1) is 10.2. The molecular weight excluding hydrogens is 318 g/mol. The van der Waals surface area contributed by atoms with Gasteiger partial charge in [-0.2, -0.15) is 0 Å². The molecule has 0 bridgehead atoms. The summed E-state index contributed by atoms with van der Waals surface area (Å²) in [4.78, 5) is 10.1. The number of nitrogens with one attached hydrogen (secondary N) is 1. The van der Waals surface area contributed by atoms with Crippen LogP contribution in [0.15, 0.2) is 36.4 Å². The van der Waals surface area contributed by atoms with Gasteiger partial charge in [0.1, 0.15) is 11.6 Å². The lowest BCUT2D eigenvalue weighted by atomic mass is 10.0. The Bertz CT molecular complexity index is 853. The first-order valence-corrected chi connectivity index (χ1v) is 7.78. The van der Waals surface area contributed by atoms with Crippen LogP contribution in [0.4, 0.5) is 20.2 Å². The molecule has 0 fully saturated rings. The zero-order chi connectivity index (χ0) is 16.5. The second kappa shape index (κ2) is 5.68. The van der Waals surface area contributed by atoms with Crippen molar-refractivity contribution in [3.8, 4) is 11.1 Å². The van der Waals surface area contributed by atoms with Gasteiger partial charge in [-0.15, -0.1) is 0 Å². The minimum absolute atomic E-state index is 0.0430. The summed E-state index contributed by atoms with van der Waals surface area (Å²) < 4.78 is 51.7. The summed E-state index contributed by atoms with van der Waals surface area (Å²) in [6, 6.07) is 5.91. The number of nitrogens with zero attached hydrogens (tertiary/aromatic N) is 1. The van der Waals surface area contributed by atoms with Gasteiger partial charge < -0.3 is 0 Å². The molecule has 22 heavy (non-hydrogen) atoms. The molecule has 0 aliphatic rings. The summed E-state index contributed by atoms with van der Waals surface area (Å²) in [7, 11) is -3.68. The van der Waals surface area contributed by atoms with E-state index in [0.717, 1.165) is 36.6 Å². The highest BCUT2D eigenvalue weighted by molar-refractivity contribution is 7.92. The van der Waals surface area contributed by atoms with E-state index in [4.69, 9.17) is 0 Å². The van der Waals surface area contributed by atoms with Crippen LogP contribution < -0.4 is 4.72 Å². The molecule has 0 aliphatic heterocycles. The van der Waals surface area contributed by atoms with Crippen molar-refractivity contribution >= 4 is 21.4 Å². The number of nitro benzene ring substituents is 1. The maximum Gasteiger partial charge on any atom is 0.270 e. The van der Waals surface area contributed by atoms with E-state index in [9.17, 15) is 27.3 Å². The monoisotopic (exact) mass is 328 g/mol. The zero-order valence-electron chi connectivity index (χ0n) is 11.2. The van der Waals surface area contributed by atoms with E-state index in [2.05, 4.69) is 4.72 Å². The fraction of sp³-hybridized carbons (Fsp3) is 0.0769. The molecule has 2 rings (SSSR count). The summed E-state index contributed by atoms with van der Waals surface area (Å²) >= 11 is 0. The van der Waals surface area contributed by atoms with E-state index in [1.165, 1.54) is 0 Å². The van der Waals surface area contributed by atoms with Crippen molar-refractivity contribution in [2.45, 2.75) is 0 Å². The number of halogens is 2. The van der Waals surface area contributed by atoms with Crippen molar-refractivity contribution in [1.29, 1.82) is 0 Å². The lowest BCUT2D eigenvalue weighted by Crippen LogP contribution is -2.10. The molecule has 2 aromatic rings. The molecule has 0 atom stereocenters. The van der Waals surface area contributed by atoms with Crippen LogP contribution in [0.1, 0.15) is 0 Å². The summed E-state index contributed by atoms with van der Waals surface area (Å²) in [5, 5.41) is 10.8. The van der Waals surface area contributed by atoms with Gasteiger partial charge in [0.25, 0.3) is 5.69 Å². The lowest BCUT2D eigenvalue weighted by Gasteiger charge is -2.11. The molecule has 0 saturated heterocycles. The fourth-order valence-corrected chi connectivity index (χ4v) is 2.44. The highest BCUT2D eigenvalue weighted by atomic mass is 32.2. The normalized spacial score (nSPS) is 11.2. The van der Waals surface area contributed by atoms with E-state index in [1.807, 2.05) is 0 Å². The summed E-state index contributed by atoms with van der Waals surface area (Å²) in [6.07, 6.45) is 0.888. The van der Waals surface area contributed by atoms with Crippen LogP contribution in [0.25, 0.3) is 11.1 Å². The molecule has 1 N–H and O–H groups in total. The van der Waals surface area contributed by atoms with E-state index in [0.29, 0.717) is 6.07 Å². The highest BCUT2D eigenvalue weighted by Gasteiger charge is 2.17. The smallest absolute Gasteiger partial charge is 0.270 e. The largest absolute Gasteiger partial charge is 0.283 e. The van der Waals surface area contributed by atoms with E-state index < -0.39 is 26.6 Å². The molecule has 116 valence electrons. The van der Waals surface area contributed by atoms with Crippen LogP contribution in [0.3, 0.4) is 0 Å². The fourth-order valence-electron chi connectivity index (χ4n) is 1.87. The Morgan fingerprint density at radius 1 is 1.09 bits per heavy atom. The van der Waals surface area contributed by atoms with Gasteiger partial charge >= 0.3 is 0 Å². The van der Waals surface area contributed by atoms with Crippen LogP contribution in [-0.4, -0.2) is 19.6 Å². The van der Waals surface area contributed by atoms with Gasteiger partial charge in [-0.1, -0.05) is 0 Å². The Morgan fingerprint density at radius 2 is 1.77 bits per heavy atom. The molecule has 0 spiro atoms. The molecule has 9 heteroatoms. The molecule has 0 aliphatic carbocycles. The van der Waals surface area contributed by atoms with Crippen LogP contribution in [-0.2, 0) is 10.0 Å². The van der Waals surface area contributed by atoms with Crippen molar-refractivity contribution < 1.29 is 22.1 Å². The minimum atomic E-state index is -3.68. The molecule has 0 amide bonds. The number of nitro groups is 1. The number of hydrogen-bond donors (Lipinski definition) is 1. The second-order valence-corrected chi connectivity index (χ2v) is 6.23. The molecule has 0 saturated carbocycles. The molecule has 0 unspecified atom stereocenters. The summed E-state index contributed by atoms with van der Waals surface area (Å²) in [5.41, 5.74) is -0.607. The average Bonchev–Trinajstić information content (AvgIpc) is 2.37. The maximum atomic E-state index is 13.9. The number of non-ortho nitro benzene ring substituents is 1. The van der Waals surface area contributed by atoms with Crippen LogP contribution in [0.2, 0.25) is 0 Å². The third kappa shape index (κ3) is 3.55. The summed E-state index contributed by atoms with van der Waals surface area (Å²) in [6.45, 7) is 0. The van der Waals surface area contributed by atoms with Gasteiger partial charge in [-0.3, -0.25) is 14.8 Å². The zero-order valence-corrected chi connectivity index (χ0v) is 12.0. The predicted octanol–water partition coefficient (Wildman–Crippen LogP) is 2.91. The number of benzene rings is 2. The lowest BCUT2D eigenvalue weighted by molar-refractivity contribution is -0.384. The number of rotatable bonds is 4. The maximum absolute atomic E-state index is 13.9. The quantitative estimate of drug-likeness (QED) is 0.690. The standard InChI is InChI=1S/C13H10F2N2O4S/c1-22(20,21)16-13-5-3-9(17(18)19)7-11(13)10-4-2-8(14)6-12(10)15/h2-7,16H,1H3. The minimum Gasteiger partial charge on any atom is -0.283 e. The first kappa shape index (κ1) is 15.8. The van der Waals surface area contributed by atoms with Gasteiger partial charge in [0.2, 0.25) is 10.0 Å². The predicted molar refractivity (Wildman–Crippen MR) is 76.9 cm³/mol. The Kier molecular flexibility index (Phi) is 4.09. The van der Waals surface area contributed by atoms with Gasteiger partial charge in [0.15, 0.2) is 0 Å². The van der Waals surface area contributed by atoms with Crippen LogP contribution >= 0.6 is 0 Å². The summed E-state index contributed by atoms with van der Waals surface area (Å²) in [5.74, 6) is -1.78. The van der Waals surface area contributed by atoms with Crippen molar-refractivity contribution in [2.24, 2.45) is 0 Å². The first-order valence-electron chi connectivity index (χ1n) is 5.89. The number of hydrogen-bond acceptors (Lipinski definition) is 4. The average molecular weight is 328 g/mol. The second-order valence-electron chi connectivity index (χ2n) is 4.49. The number of anilines is 1. The van der Waals surface area contributed by atoms with Crippen molar-refractivity contribution in [3.63, 3.8) is 0 Å². The van der Waals surface area contributed by atoms with Crippen molar-refractivity contribution in [1.82, 2.24) is 0 Å². The molecular formula is C13H10F2N2O4S. The van der Waals surface area contributed by atoms with Gasteiger partial charge in [0.05, 0.1) is 16.9 Å². The molecule has 2 aromatic carbocycles. The van der Waals surface area contributed by atoms with Crippen molar-refractivity contribution in [3.05, 3.63) is 58.1 Å². The SMILES string of the molecule is CS(=O)(=O)Nc1ccc([N+](=O)[O-])cc1-c1ccc(F)cc1F. The molecule has 0 aromatic heterocycles. The Labute approximate surface area is 124 Å². The van der Waals surface area contributed by atoms with Crippen LogP contribution in [0, 0.1) is 21.7 Å². The van der Waals surface area contributed by atoms with Gasteiger partial charge in [-0.05, 0) is 18.2 Å². The highest BCUT2D eigenvalue weighted by Crippen LogP contribution is 2.34. The molecule has 6 nitrogen and oxygen atoms in total. The van der Waals surface area contributed by atoms with E-state index in [-0.39, 0.29) is 22.5 Å². The third-order valence-corrected chi connectivity index (χ3v) is 3.32. The van der Waals surface area contributed by atoms with E-state index in [1.54, 1.807) is 0 Å². The Morgan fingerprint density at radius 3 is 2.32 bits per heavy atom. The molecule has 0 radical (unpaired) electrons. The topological polar surface area (TPSA) is 89.3 Å². The Hall–Kier alpha value is -2.55. The van der Waals surface area contributed by atoms with Gasteiger partial charge in [0, 0.05) is 29.3 Å². The molecule has 0 heterocycles. The number of sulfonamides is 1. The van der Waals surface area contributed by atoms with Gasteiger partial charge in [-0.25, -0.2) is 17.2 Å². The van der Waals surface area contributed by atoms with E-state index >= 15 is 0 Å². The van der Waals surface area contributed by atoms with Crippen molar-refractivity contribution in [2.75, 3.05) is 11.0 Å². The van der Waals surface area contributed by atoms with Crippen LogP contribution in [0.5, 0.6) is 0 Å². The third-order valence-electron chi connectivity index (χ3n) is 2.73.